The molecule has 6 nitrogen and oxygen atoms in total. The predicted octanol–water partition coefficient (Wildman–Crippen LogP) is 3.21. The fourth-order valence-corrected chi connectivity index (χ4v) is 2.39. The largest absolute Gasteiger partial charge is 0.346 e. The quantitative estimate of drug-likeness (QED) is 0.793. The van der Waals surface area contributed by atoms with Crippen LogP contribution in [0.1, 0.15) is 17.2 Å². The summed E-state index contributed by atoms with van der Waals surface area (Å²) in [5.41, 5.74) is 3.45. The third kappa shape index (κ3) is 3.98. The van der Waals surface area contributed by atoms with Crippen LogP contribution in [0.3, 0.4) is 0 Å². The lowest BCUT2D eigenvalue weighted by atomic mass is 10.2. The van der Waals surface area contributed by atoms with Crippen LogP contribution >= 0.6 is 11.6 Å². The number of nitrogens with one attached hydrogen (secondary N) is 1. The van der Waals surface area contributed by atoms with Gasteiger partial charge in [0.05, 0.1) is 18.4 Å². The molecular formula is C16H15ClN6. The van der Waals surface area contributed by atoms with Gasteiger partial charge in [0, 0.05) is 22.0 Å². The zero-order valence-corrected chi connectivity index (χ0v) is 13.5. The molecule has 0 atom stereocenters. The first-order valence-electron chi connectivity index (χ1n) is 7.11. The summed E-state index contributed by atoms with van der Waals surface area (Å²) < 4.78 is 0. The SMILES string of the molecule is Cc1cc(C)nc(CNc2nncc(-c3cccc(Cl)c3)n2)n1. The van der Waals surface area contributed by atoms with E-state index in [4.69, 9.17) is 11.6 Å². The summed E-state index contributed by atoms with van der Waals surface area (Å²) in [5.74, 6) is 1.12. The van der Waals surface area contributed by atoms with Crippen molar-refractivity contribution in [1.82, 2.24) is 25.1 Å². The first-order valence-corrected chi connectivity index (χ1v) is 7.48. The van der Waals surface area contributed by atoms with E-state index in [1.54, 1.807) is 6.20 Å². The molecule has 2 aromatic heterocycles. The molecule has 0 saturated carbocycles. The van der Waals surface area contributed by atoms with Crippen LogP contribution in [0.5, 0.6) is 0 Å². The Balaban J connectivity index is 1.77. The minimum absolute atomic E-state index is 0.422. The highest BCUT2D eigenvalue weighted by molar-refractivity contribution is 6.30. The number of anilines is 1. The molecule has 3 aromatic rings. The molecule has 0 fully saturated rings. The van der Waals surface area contributed by atoms with Crippen molar-refractivity contribution >= 4 is 17.5 Å². The highest BCUT2D eigenvalue weighted by Crippen LogP contribution is 2.20. The number of halogens is 1. The van der Waals surface area contributed by atoms with E-state index < -0.39 is 0 Å². The van der Waals surface area contributed by atoms with E-state index in [2.05, 4.69) is 30.5 Å². The first-order chi connectivity index (χ1) is 11.1. The van der Waals surface area contributed by atoms with E-state index in [-0.39, 0.29) is 0 Å². The van der Waals surface area contributed by atoms with Gasteiger partial charge in [0.2, 0.25) is 5.95 Å². The number of aryl methyl sites for hydroxylation is 2. The van der Waals surface area contributed by atoms with Crippen molar-refractivity contribution in [2.24, 2.45) is 0 Å². The molecule has 0 aliphatic rings. The van der Waals surface area contributed by atoms with Gasteiger partial charge in [-0.2, -0.15) is 5.10 Å². The van der Waals surface area contributed by atoms with Gasteiger partial charge in [0.15, 0.2) is 0 Å². The van der Waals surface area contributed by atoms with E-state index in [1.165, 1.54) is 0 Å². The Hall–Kier alpha value is -2.60. The van der Waals surface area contributed by atoms with E-state index in [1.807, 2.05) is 44.2 Å². The molecule has 0 bridgehead atoms. The van der Waals surface area contributed by atoms with E-state index in [9.17, 15) is 0 Å². The molecule has 0 amide bonds. The summed E-state index contributed by atoms with van der Waals surface area (Å²) >= 11 is 6.01. The maximum Gasteiger partial charge on any atom is 0.243 e. The smallest absolute Gasteiger partial charge is 0.243 e. The third-order valence-electron chi connectivity index (χ3n) is 3.11. The van der Waals surface area contributed by atoms with Crippen LogP contribution in [-0.2, 0) is 6.54 Å². The van der Waals surface area contributed by atoms with Gasteiger partial charge in [-0.1, -0.05) is 23.7 Å². The minimum Gasteiger partial charge on any atom is -0.346 e. The number of hydrogen-bond donors (Lipinski definition) is 1. The lowest BCUT2D eigenvalue weighted by Crippen LogP contribution is -2.09. The van der Waals surface area contributed by atoms with Crippen LogP contribution in [0.4, 0.5) is 5.95 Å². The summed E-state index contributed by atoms with van der Waals surface area (Å²) in [6, 6.07) is 9.38. The van der Waals surface area contributed by atoms with Gasteiger partial charge < -0.3 is 5.32 Å². The molecule has 1 N–H and O–H groups in total. The van der Waals surface area contributed by atoms with Crippen LogP contribution in [0.15, 0.2) is 36.5 Å². The van der Waals surface area contributed by atoms with Crippen molar-refractivity contribution in [1.29, 1.82) is 0 Å². The zero-order valence-electron chi connectivity index (χ0n) is 12.8. The van der Waals surface area contributed by atoms with E-state index in [0.717, 1.165) is 17.0 Å². The van der Waals surface area contributed by atoms with Crippen molar-refractivity contribution in [2.45, 2.75) is 20.4 Å². The molecule has 116 valence electrons. The Morgan fingerprint density at radius 3 is 2.57 bits per heavy atom. The summed E-state index contributed by atoms with van der Waals surface area (Å²) in [6.45, 7) is 4.31. The standard InChI is InChI=1S/C16H15ClN6/c1-10-6-11(2)21-15(20-10)9-18-16-22-14(8-19-23-16)12-4-3-5-13(17)7-12/h3-8H,9H2,1-2H3,(H,18,22,23). The molecule has 0 unspecified atom stereocenters. The molecule has 0 saturated heterocycles. The Kier molecular flexibility index (Phi) is 4.43. The second-order valence-electron chi connectivity index (χ2n) is 5.10. The molecular weight excluding hydrogens is 312 g/mol. The topological polar surface area (TPSA) is 76.5 Å². The number of hydrogen-bond acceptors (Lipinski definition) is 6. The van der Waals surface area contributed by atoms with Gasteiger partial charge in [-0.05, 0) is 32.0 Å². The molecule has 0 aliphatic carbocycles. The fourth-order valence-electron chi connectivity index (χ4n) is 2.20. The molecule has 1 aromatic carbocycles. The van der Waals surface area contributed by atoms with Crippen molar-refractivity contribution in [2.75, 3.05) is 5.32 Å². The predicted molar refractivity (Wildman–Crippen MR) is 89.1 cm³/mol. The van der Waals surface area contributed by atoms with Gasteiger partial charge in [-0.3, -0.25) is 0 Å². The lowest BCUT2D eigenvalue weighted by molar-refractivity contribution is 0.876. The second kappa shape index (κ2) is 6.66. The van der Waals surface area contributed by atoms with Gasteiger partial charge >= 0.3 is 0 Å². The van der Waals surface area contributed by atoms with E-state index in [0.29, 0.717) is 29.0 Å². The van der Waals surface area contributed by atoms with Crippen LogP contribution < -0.4 is 5.32 Å². The average molecular weight is 327 g/mol. The van der Waals surface area contributed by atoms with Crippen molar-refractivity contribution in [3.05, 3.63) is 58.8 Å². The summed E-state index contributed by atoms with van der Waals surface area (Å²) in [4.78, 5) is 13.2. The maximum absolute atomic E-state index is 6.01. The fraction of sp³-hybridized carbons (Fsp3) is 0.188. The Morgan fingerprint density at radius 2 is 1.83 bits per heavy atom. The van der Waals surface area contributed by atoms with Crippen LogP contribution in [0.25, 0.3) is 11.3 Å². The lowest BCUT2D eigenvalue weighted by Gasteiger charge is -2.06. The normalized spacial score (nSPS) is 10.6. The van der Waals surface area contributed by atoms with Crippen molar-refractivity contribution in [3.8, 4) is 11.3 Å². The Bertz CT molecular complexity index is 816. The average Bonchev–Trinajstić information content (AvgIpc) is 2.52. The molecule has 0 radical (unpaired) electrons. The number of aromatic nitrogens is 5. The number of nitrogens with zero attached hydrogens (tertiary/aromatic N) is 5. The second-order valence-corrected chi connectivity index (χ2v) is 5.53. The molecule has 0 spiro atoms. The molecule has 3 rings (SSSR count). The van der Waals surface area contributed by atoms with Gasteiger partial charge in [0.25, 0.3) is 0 Å². The highest BCUT2D eigenvalue weighted by Gasteiger charge is 2.05. The van der Waals surface area contributed by atoms with Gasteiger partial charge in [-0.25, -0.2) is 15.0 Å². The number of rotatable bonds is 4. The maximum atomic E-state index is 6.01. The van der Waals surface area contributed by atoms with Crippen molar-refractivity contribution in [3.63, 3.8) is 0 Å². The van der Waals surface area contributed by atoms with Crippen molar-refractivity contribution < 1.29 is 0 Å². The molecule has 2 heterocycles. The monoisotopic (exact) mass is 326 g/mol. The molecule has 7 heteroatoms. The van der Waals surface area contributed by atoms with Crippen LogP contribution in [-0.4, -0.2) is 25.1 Å². The molecule has 0 aliphatic heterocycles. The van der Waals surface area contributed by atoms with E-state index >= 15 is 0 Å². The summed E-state index contributed by atoms with van der Waals surface area (Å²) in [6.07, 6.45) is 1.60. The number of benzene rings is 1. The minimum atomic E-state index is 0.422. The first kappa shape index (κ1) is 15.3. The zero-order chi connectivity index (χ0) is 16.2. The van der Waals surface area contributed by atoms with Crippen LogP contribution in [0.2, 0.25) is 5.02 Å². The Morgan fingerprint density at radius 1 is 1.04 bits per heavy atom. The Labute approximate surface area is 139 Å². The highest BCUT2D eigenvalue weighted by atomic mass is 35.5. The van der Waals surface area contributed by atoms with Gasteiger partial charge in [0.1, 0.15) is 5.82 Å². The summed E-state index contributed by atoms with van der Waals surface area (Å²) in [7, 11) is 0. The van der Waals surface area contributed by atoms with Gasteiger partial charge in [-0.15, -0.1) is 5.10 Å². The molecule has 23 heavy (non-hydrogen) atoms. The summed E-state index contributed by atoms with van der Waals surface area (Å²) in [5, 5.41) is 11.7. The third-order valence-corrected chi connectivity index (χ3v) is 3.35. The van der Waals surface area contributed by atoms with Crippen LogP contribution in [0, 0.1) is 13.8 Å².